The maximum absolute atomic E-state index is 5.66. The predicted octanol–water partition coefficient (Wildman–Crippen LogP) is 3.70. The van der Waals surface area contributed by atoms with Gasteiger partial charge in [0.05, 0.1) is 0 Å². The van der Waals surface area contributed by atoms with E-state index < -0.39 is 0 Å². The van der Waals surface area contributed by atoms with Gasteiger partial charge in [0, 0.05) is 6.42 Å². The second-order valence-electron chi connectivity index (χ2n) is 5.11. The third-order valence-corrected chi connectivity index (χ3v) is 3.82. The number of nitrogens with zero attached hydrogens (tertiary/aromatic N) is 1. The van der Waals surface area contributed by atoms with Gasteiger partial charge in [-0.2, -0.15) is 0 Å². The van der Waals surface area contributed by atoms with E-state index in [9.17, 15) is 0 Å². The summed E-state index contributed by atoms with van der Waals surface area (Å²) in [6.45, 7) is 4.66. The first kappa shape index (κ1) is 10.5. The van der Waals surface area contributed by atoms with E-state index in [1.807, 2.05) is 0 Å². The fraction of sp³-hybridized carbons (Fsp3) is 0.909. The molecule has 1 aliphatic heterocycles. The van der Waals surface area contributed by atoms with Crippen LogP contribution in [-0.2, 0) is 4.84 Å². The highest BCUT2D eigenvalue weighted by Gasteiger charge is 2.42. The molecule has 1 aliphatic carbocycles. The van der Waals surface area contributed by atoms with E-state index in [-0.39, 0.29) is 5.60 Å². The van der Waals surface area contributed by atoms with Gasteiger partial charge in [-0.05, 0) is 40.6 Å². The molecule has 2 nitrogen and oxygen atoms in total. The SMILES string of the molecule is C[C@@H]1CC[C@H](C)CC2(CC(Br)=NO2)C1. The lowest BCUT2D eigenvalue weighted by Gasteiger charge is -2.28. The van der Waals surface area contributed by atoms with Gasteiger partial charge in [-0.25, -0.2) is 0 Å². The molecule has 2 rings (SSSR count). The highest BCUT2D eigenvalue weighted by Crippen LogP contribution is 2.42. The van der Waals surface area contributed by atoms with Crippen LogP contribution < -0.4 is 0 Å². The van der Waals surface area contributed by atoms with Crippen molar-refractivity contribution >= 4 is 20.6 Å². The zero-order chi connectivity index (χ0) is 10.2. The quantitative estimate of drug-likeness (QED) is 0.650. The fourth-order valence-corrected chi connectivity index (χ4v) is 3.41. The molecule has 1 saturated carbocycles. The van der Waals surface area contributed by atoms with Gasteiger partial charge in [0.25, 0.3) is 0 Å². The number of oxime groups is 1. The lowest BCUT2D eigenvalue weighted by molar-refractivity contribution is -0.0433. The fourth-order valence-electron chi connectivity index (χ4n) is 2.82. The second kappa shape index (κ2) is 3.84. The maximum atomic E-state index is 5.66. The van der Waals surface area contributed by atoms with Gasteiger partial charge in [0.15, 0.2) is 0 Å². The summed E-state index contributed by atoms with van der Waals surface area (Å²) in [6, 6.07) is 0. The topological polar surface area (TPSA) is 21.6 Å². The zero-order valence-electron chi connectivity index (χ0n) is 8.92. The summed E-state index contributed by atoms with van der Waals surface area (Å²) >= 11 is 3.44. The van der Waals surface area contributed by atoms with Gasteiger partial charge in [-0.1, -0.05) is 31.8 Å². The summed E-state index contributed by atoms with van der Waals surface area (Å²) in [6.07, 6.45) is 5.97. The molecule has 80 valence electrons. The van der Waals surface area contributed by atoms with Crippen molar-refractivity contribution < 1.29 is 4.84 Å². The molecule has 3 heteroatoms. The number of hydrogen-bond donors (Lipinski definition) is 0. The van der Waals surface area contributed by atoms with E-state index in [4.69, 9.17) is 4.84 Å². The smallest absolute Gasteiger partial charge is 0.144 e. The first-order valence-electron chi connectivity index (χ1n) is 5.50. The third kappa shape index (κ3) is 2.13. The summed E-state index contributed by atoms with van der Waals surface area (Å²) in [4.78, 5) is 5.66. The summed E-state index contributed by atoms with van der Waals surface area (Å²) in [7, 11) is 0. The molecule has 0 aromatic heterocycles. The molecule has 0 N–H and O–H groups in total. The molecule has 0 saturated heterocycles. The number of hydrogen-bond acceptors (Lipinski definition) is 2. The van der Waals surface area contributed by atoms with Crippen molar-refractivity contribution in [1.29, 1.82) is 0 Å². The van der Waals surface area contributed by atoms with Crippen molar-refractivity contribution in [3.8, 4) is 0 Å². The summed E-state index contributed by atoms with van der Waals surface area (Å²) in [5.74, 6) is 1.54. The van der Waals surface area contributed by atoms with E-state index in [0.29, 0.717) is 0 Å². The highest BCUT2D eigenvalue weighted by atomic mass is 79.9. The third-order valence-electron chi connectivity index (χ3n) is 3.40. The molecular formula is C11H18BrNO. The van der Waals surface area contributed by atoms with Crippen molar-refractivity contribution in [2.75, 3.05) is 0 Å². The van der Waals surface area contributed by atoms with Crippen LogP contribution in [0.1, 0.15) is 46.0 Å². The minimum absolute atomic E-state index is 0.0220. The molecule has 14 heavy (non-hydrogen) atoms. The highest BCUT2D eigenvalue weighted by molar-refractivity contribution is 9.18. The monoisotopic (exact) mass is 259 g/mol. The van der Waals surface area contributed by atoms with Crippen LogP contribution in [-0.4, -0.2) is 10.2 Å². The molecule has 0 aromatic carbocycles. The minimum atomic E-state index is 0.0220. The maximum Gasteiger partial charge on any atom is 0.144 e. The molecule has 0 amide bonds. The summed E-state index contributed by atoms with van der Waals surface area (Å²) < 4.78 is 0.985. The van der Waals surface area contributed by atoms with Crippen molar-refractivity contribution in [1.82, 2.24) is 0 Å². The molecule has 2 aliphatic rings. The van der Waals surface area contributed by atoms with Crippen molar-refractivity contribution in [3.63, 3.8) is 0 Å². The largest absolute Gasteiger partial charge is 0.388 e. The molecule has 0 bridgehead atoms. The first-order chi connectivity index (χ1) is 6.60. The van der Waals surface area contributed by atoms with Gasteiger partial charge in [-0.3, -0.25) is 0 Å². The van der Waals surface area contributed by atoms with Crippen LogP contribution in [0.5, 0.6) is 0 Å². The van der Waals surface area contributed by atoms with Crippen molar-refractivity contribution in [2.24, 2.45) is 17.0 Å². The van der Waals surface area contributed by atoms with Gasteiger partial charge in [0.2, 0.25) is 0 Å². The average Bonchev–Trinajstić information content (AvgIpc) is 2.36. The van der Waals surface area contributed by atoms with Crippen molar-refractivity contribution in [2.45, 2.75) is 51.6 Å². The van der Waals surface area contributed by atoms with Gasteiger partial charge >= 0.3 is 0 Å². The van der Waals surface area contributed by atoms with E-state index in [1.165, 1.54) is 12.8 Å². The predicted molar refractivity (Wildman–Crippen MR) is 61.6 cm³/mol. The van der Waals surface area contributed by atoms with Crippen LogP contribution in [0.15, 0.2) is 5.16 Å². The molecule has 0 aromatic rings. The van der Waals surface area contributed by atoms with Crippen LogP contribution in [0.2, 0.25) is 0 Å². The Morgan fingerprint density at radius 2 is 1.86 bits per heavy atom. The Balaban J connectivity index is 2.09. The molecule has 1 spiro atoms. The zero-order valence-corrected chi connectivity index (χ0v) is 10.5. The molecule has 0 radical (unpaired) electrons. The normalized spacial score (nSPS) is 43.2. The van der Waals surface area contributed by atoms with Crippen LogP contribution in [0.4, 0.5) is 0 Å². The molecule has 1 heterocycles. The van der Waals surface area contributed by atoms with Crippen molar-refractivity contribution in [3.05, 3.63) is 0 Å². The lowest BCUT2D eigenvalue weighted by atomic mass is 9.86. The minimum Gasteiger partial charge on any atom is -0.388 e. The molecule has 3 atom stereocenters. The van der Waals surface area contributed by atoms with Gasteiger partial charge < -0.3 is 4.84 Å². The average molecular weight is 260 g/mol. The van der Waals surface area contributed by atoms with E-state index in [1.54, 1.807) is 0 Å². The Morgan fingerprint density at radius 1 is 1.29 bits per heavy atom. The van der Waals surface area contributed by atoms with Gasteiger partial charge in [-0.15, -0.1) is 0 Å². The Hall–Kier alpha value is -0.0500. The molecule has 1 fully saturated rings. The number of halogens is 1. The number of rotatable bonds is 0. The summed E-state index contributed by atoms with van der Waals surface area (Å²) in [5, 5.41) is 4.06. The van der Waals surface area contributed by atoms with Crippen LogP contribution in [0, 0.1) is 11.8 Å². The van der Waals surface area contributed by atoms with E-state index >= 15 is 0 Å². The molecule has 1 unspecified atom stereocenters. The molecular weight excluding hydrogens is 242 g/mol. The van der Waals surface area contributed by atoms with Crippen LogP contribution in [0.3, 0.4) is 0 Å². The van der Waals surface area contributed by atoms with Gasteiger partial charge in [0.1, 0.15) is 10.2 Å². The van der Waals surface area contributed by atoms with E-state index in [0.717, 1.165) is 35.7 Å². The summed E-state index contributed by atoms with van der Waals surface area (Å²) in [5.41, 5.74) is 0.0220. The first-order valence-corrected chi connectivity index (χ1v) is 6.29. The lowest BCUT2D eigenvalue weighted by Crippen LogP contribution is -2.31. The van der Waals surface area contributed by atoms with Crippen LogP contribution >= 0.6 is 15.9 Å². The van der Waals surface area contributed by atoms with Crippen LogP contribution in [0.25, 0.3) is 0 Å². The standard InChI is InChI=1S/C11H18BrNO/c1-8-3-4-9(2)6-11(5-8)7-10(12)13-14-11/h8-9H,3-7H2,1-2H3/t8-,9+,11?. The van der Waals surface area contributed by atoms with E-state index in [2.05, 4.69) is 34.9 Å². The Kier molecular flexibility index (Phi) is 2.87. The second-order valence-corrected chi connectivity index (χ2v) is 6.03. The Labute approximate surface area is 94.2 Å². The Morgan fingerprint density at radius 3 is 2.29 bits per heavy atom. The Bertz CT molecular complexity index is 240.